The molecular weight excluding hydrogens is 178 g/mol. The molecule has 0 bridgehead atoms. The van der Waals surface area contributed by atoms with E-state index in [1.54, 1.807) is 38.2 Å². The molecule has 0 spiro atoms. The molecule has 76 valence electrons. The molecule has 0 aliphatic carbocycles. The van der Waals surface area contributed by atoms with E-state index >= 15 is 0 Å². The lowest BCUT2D eigenvalue weighted by Crippen LogP contribution is -2.36. The summed E-state index contributed by atoms with van der Waals surface area (Å²) in [4.78, 5) is 14.6. The average molecular weight is 193 g/mol. The summed E-state index contributed by atoms with van der Waals surface area (Å²) in [6, 6.07) is 7.15. The number of benzene rings is 1. The molecular formula is C10H15N3O. The first-order valence-electron chi connectivity index (χ1n) is 4.33. The van der Waals surface area contributed by atoms with Crippen LogP contribution in [0.1, 0.15) is 0 Å². The van der Waals surface area contributed by atoms with Crippen molar-refractivity contribution in [3.8, 4) is 0 Å². The summed E-state index contributed by atoms with van der Waals surface area (Å²) < 4.78 is 0. The first-order valence-corrected chi connectivity index (χ1v) is 4.33. The lowest BCUT2D eigenvalue weighted by molar-refractivity contribution is 0.225. The van der Waals surface area contributed by atoms with Gasteiger partial charge in [0.1, 0.15) is 0 Å². The summed E-state index contributed by atoms with van der Waals surface area (Å²) in [6.07, 6.45) is 0. The van der Waals surface area contributed by atoms with Gasteiger partial charge in [0, 0.05) is 32.5 Å². The maximum Gasteiger partial charge on any atom is 0.323 e. The minimum absolute atomic E-state index is 0.0735. The van der Waals surface area contributed by atoms with Gasteiger partial charge in [0.25, 0.3) is 0 Å². The van der Waals surface area contributed by atoms with Crippen LogP contribution in [0.4, 0.5) is 16.2 Å². The third-order valence-corrected chi connectivity index (χ3v) is 1.93. The van der Waals surface area contributed by atoms with Crippen LogP contribution >= 0.6 is 0 Å². The van der Waals surface area contributed by atoms with Crippen LogP contribution in [0.3, 0.4) is 0 Å². The molecule has 1 rings (SSSR count). The number of carbonyl (C=O) groups is 1. The molecule has 0 atom stereocenters. The summed E-state index contributed by atoms with van der Waals surface area (Å²) in [5, 5.41) is 0. The van der Waals surface area contributed by atoms with Crippen molar-refractivity contribution in [2.45, 2.75) is 0 Å². The highest BCUT2D eigenvalue weighted by atomic mass is 16.2. The number of amides is 2. The van der Waals surface area contributed by atoms with E-state index in [2.05, 4.69) is 0 Å². The van der Waals surface area contributed by atoms with E-state index < -0.39 is 0 Å². The Balaban J connectivity index is 2.89. The van der Waals surface area contributed by atoms with Gasteiger partial charge in [-0.2, -0.15) is 0 Å². The molecule has 4 nitrogen and oxygen atoms in total. The largest absolute Gasteiger partial charge is 0.399 e. The predicted molar refractivity (Wildman–Crippen MR) is 58.3 cm³/mol. The number of hydrogen-bond acceptors (Lipinski definition) is 2. The highest BCUT2D eigenvalue weighted by Crippen LogP contribution is 2.16. The highest BCUT2D eigenvalue weighted by Gasteiger charge is 2.11. The van der Waals surface area contributed by atoms with Crippen LogP contribution in [0.25, 0.3) is 0 Å². The number of carbonyl (C=O) groups excluding carboxylic acids is 1. The van der Waals surface area contributed by atoms with Gasteiger partial charge in [0.15, 0.2) is 0 Å². The third kappa shape index (κ3) is 2.16. The van der Waals surface area contributed by atoms with Crippen molar-refractivity contribution in [3.63, 3.8) is 0 Å². The van der Waals surface area contributed by atoms with E-state index in [0.29, 0.717) is 5.69 Å². The van der Waals surface area contributed by atoms with Crippen molar-refractivity contribution in [1.29, 1.82) is 0 Å². The number of hydrogen-bond donors (Lipinski definition) is 1. The molecule has 0 heterocycles. The minimum atomic E-state index is -0.0735. The van der Waals surface area contributed by atoms with Crippen LogP contribution in [0, 0.1) is 0 Å². The molecule has 0 saturated carbocycles. The van der Waals surface area contributed by atoms with E-state index in [4.69, 9.17) is 5.73 Å². The summed E-state index contributed by atoms with van der Waals surface area (Å²) in [7, 11) is 5.15. The average Bonchev–Trinajstić information content (AvgIpc) is 2.15. The quantitative estimate of drug-likeness (QED) is 0.685. The molecule has 0 unspecified atom stereocenters. The van der Waals surface area contributed by atoms with Crippen LogP contribution in [-0.2, 0) is 0 Å². The van der Waals surface area contributed by atoms with Crippen LogP contribution in [0.2, 0.25) is 0 Å². The first kappa shape index (κ1) is 10.4. The predicted octanol–water partition coefficient (Wildman–Crippen LogP) is 1.39. The lowest BCUT2D eigenvalue weighted by Gasteiger charge is -2.21. The summed E-state index contributed by atoms with van der Waals surface area (Å²) in [6.45, 7) is 0. The smallest absolute Gasteiger partial charge is 0.323 e. The van der Waals surface area contributed by atoms with Gasteiger partial charge in [-0.25, -0.2) is 4.79 Å². The number of urea groups is 1. The maximum absolute atomic E-state index is 11.6. The van der Waals surface area contributed by atoms with E-state index in [0.717, 1.165) is 5.69 Å². The first-order chi connectivity index (χ1) is 6.52. The minimum Gasteiger partial charge on any atom is -0.399 e. The Kier molecular flexibility index (Phi) is 2.96. The standard InChI is InChI=1S/C10H15N3O/c1-12(2)10(14)13(3)9-6-4-5-8(11)7-9/h4-7H,11H2,1-3H3. The molecule has 0 saturated heterocycles. The Bertz CT molecular complexity index is 336. The monoisotopic (exact) mass is 193 g/mol. The van der Waals surface area contributed by atoms with Gasteiger partial charge in [-0.3, -0.25) is 4.90 Å². The number of rotatable bonds is 1. The van der Waals surface area contributed by atoms with Gasteiger partial charge in [0.2, 0.25) is 0 Å². The van der Waals surface area contributed by atoms with E-state index in [-0.39, 0.29) is 6.03 Å². The van der Waals surface area contributed by atoms with E-state index in [1.807, 2.05) is 12.1 Å². The number of anilines is 2. The Morgan fingerprint density at radius 1 is 1.29 bits per heavy atom. The number of nitrogen functional groups attached to an aromatic ring is 1. The van der Waals surface area contributed by atoms with Crippen molar-refractivity contribution in [3.05, 3.63) is 24.3 Å². The molecule has 1 aromatic carbocycles. The summed E-state index contributed by atoms with van der Waals surface area (Å²) >= 11 is 0. The number of nitrogens with two attached hydrogens (primary N) is 1. The summed E-state index contributed by atoms with van der Waals surface area (Å²) in [5.74, 6) is 0. The zero-order chi connectivity index (χ0) is 10.7. The Morgan fingerprint density at radius 3 is 2.43 bits per heavy atom. The van der Waals surface area contributed by atoms with Crippen LogP contribution in [0.5, 0.6) is 0 Å². The molecule has 0 aliphatic heterocycles. The van der Waals surface area contributed by atoms with E-state index in [9.17, 15) is 4.79 Å². The Labute approximate surface area is 83.9 Å². The molecule has 1 aromatic rings. The molecule has 0 radical (unpaired) electrons. The molecule has 14 heavy (non-hydrogen) atoms. The maximum atomic E-state index is 11.6. The third-order valence-electron chi connectivity index (χ3n) is 1.93. The summed E-state index contributed by atoms with van der Waals surface area (Å²) in [5.41, 5.74) is 7.07. The van der Waals surface area contributed by atoms with Gasteiger partial charge < -0.3 is 10.6 Å². The SMILES string of the molecule is CN(C)C(=O)N(C)c1cccc(N)c1. The van der Waals surface area contributed by atoms with Crippen molar-refractivity contribution in [1.82, 2.24) is 4.90 Å². The molecule has 4 heteroatoms. The van der Waals surface area contributed by atoms with Gasteiger partial charge in [-0.15, -0.1) is 0 Å². The van der Waals surface area contributed by atoms with E-state index in [1.165, 1.54) is 4.90 Å². The highest BCUT2D eigenvalue weighted by molar-refractivity contribution is 5.91. The van der Waals surface area contributed by atoms with Crippen molar-refractivity contribution >= 4 is 17.4 Å². The zero-order valence-corrected chi connectivity index (χ0v) is 8.69. The van der Waals surface area contributed by atoms with Crippen LogP contribution in [0.15, 0.2) is 24.3 Å². The van der Waals surface area contributed by atoms with Gasteiger partial charge in [0.05, 0.1) is 0 Å². The molecule has 2 amide bonds. The van der Waals surface area contributed by atoms with Crippen LogP contribution < -0.4 is 10.6 Å². The molecule has 0 fully saturated rings. The molecule has 0 aromatic heterocycles. The second-order valence-corrected chi connectivity index (χ2v) is 3.33. The fourth-order valence-corrected chi connectivity index (χ4v) is 1.14. The van der Waals surface area contributed by atoms with Gasteiger partial charge in [-0.05, 0) is 18.2 Å². The van der Waals surface area contributed by atoms with Gasteiger partial charge in [-0.1, -0.05) is 6.07 Å². The molecule has 2 N–H and O–H groups in total. The second kappa shape index (κ2) is 4.00. The van der Waals surface area contributed by atoms with Crippen molar-refractivity contribution in [2.24, 2.45) is 0 Å². The Hall–Kier alpha value is -1.71. The zero-order valence-electron chi connectivity index (χ0n) is 8.69. The van der Waals surface area contributed by atoms with Gasteiger partial charge >= 0.3 is 6.03 Å². The van der Waals surface area contributed by atoms with Crippen molar-refractivity contribution in [2.75, 3.05) is 31.8 Å². The Morgan fingerprint density at radius 2 is 1.93 bits per heavy atom. The topological polar surface area (TPSA) is 49.6 Å². The fourth-order valence-electron chi connectivity index (χ4n) is 1.14. The normalized spacial score (nSPS) is 9.64. The molecule has 0 aliphatic rings. The number of nitrogens with zero attached hydrogens (tertiary/aromatic N) is 2. The second-order valence-electron chi connectivity index (χ2n) is 3.33. The fraction of sp³-hybridized carbons (Fsp3) is 0.300. The van der Waals surface area contributed by atoms with Crippen molar-refractivity contribution < 1.29 is 4.79 Å². The van der Waals surface area contributed by atoms with Crippen LogP contribution in [-0.4, -0.2) is 32.1 Å². The lowest BCUT2D eigenvalue weighted by atomic mass is 10.2.